The Morgan fingerprint density at radius 2 is 1.81 bits per heavy atom. The van der Waals surface area contributed by atoms with E-state index in [9.17, 15) is 17.6 Å². The second kappa shape index (κ2) is 6.82. The van der Waals surface area contributed by atoms with Gasteiger partial charge in [0.05, 0.1) is 18.3 Å². The zero-order valence-electron chi connectivity index (χ0n) is 14.1. The Kier molecular flexibility index (Phi) is 4.71. The van der Waals surface area contributed by atoms with Gasteiger partial charge in [0.25, 0.3) is 12.3 Å². The number of ether oxygens (including phenoxy) is 1. The summed E-state index contributed by atoms with van der Waals surface area (Å²) < 4.78 is 57.9. The van der Waals surface area contributed by atoms with Crippen molar-refractivity contribution in [3.8, 4) is 5.75 Å². The summed E-state index contributed by atoms with van der Waals surface area (Å²) in [5, 5.41) is 3.72. The first kappa shape index (κ1) is 18.0. The highest BCUT2D eigenvalue weighted by Gasteiger charge is 2.25. The Hall–Kier alpha value is -2.83. The van der Waals surface area contributed by atoms with Crippen molar-refractivity contribution in [2.75, 3.05) is 12.4 Å². The van der Waals surface area contributed by atoms with Crippen molar-refractivity contribution >= 4 is 22.3 Å². The smallest absolute Gasteiger partial charge is 0.270 e. The minimum Gasteiger partial charge on any atom is -0.495 e. The number of aromatic nitrogens is 1. The number of hydrogen-bond donors (Lipinski definition) is 1. The molecule has 0 saturated heterocycles. The van der Waals surface area contributed by atoms with Crippen molar-refractivity contribution in [2.45, 2.75) is 19.3 Å². The van der Waals surface area contributed by atoms with Gasteiger partial charge in [-0.25, -0.2) is 17.6 Å². The molecule has 0 saturated carbocycles. The number of pyridine rings is 1. The van der Waals surface area contributed by atoms with Crippen molar-refractivity contribution in [2.24, 2.45) is 0 Å². The number of alkyl halides is 4. The lowest BCUT2D eigenvalue weighted by Crippen LogP contribution is -2.07. The van der Waals surface area contributed by atoms with Crippen LogP contribution in [0.3, 0.4) is 0 Å². The molecule has 0 aliphatic carbocycles. The van der Waals surface area contributed by atoms with Crippen molar-refractivity contribution < 1.29 is 22.3 Å². The van der Waals surface area contributed by atoms with Crippen molar-refractivity contribution in [1.29, 1.82) is 0 Å². The summed E-state index contributed by atoms with van der Waals surface area (Å²) in [7, 11) is 1.39. The standard InChI is InChI=1S/C19H16F4N2O/c1-19(22,23)12-4-6-15(17(10-12)26-2)25-14-7-8-24-16-9-11(18(20)21)3-5-13(14)16/h3-10,18H,1-2H3,(H,24,25). The number of rotatable bonds is 5. The number of anilines is 2. The Morgan fingerprint density at radius 1 is 1.04 bits per heavy atom. The molecule has 1 aromatic heterocycles. The van der Waals surface area contributed by atoms with Gasteiger partial charge in [-0.15, -0.1) is 0 Å². The molecule has 26 heavy (non-hydrogen) atoms. The van der Waals surface area contributed by atoms with Crippen LogP contribution in [0.25, 0.3) is 10.9 Å². The second-order valence-electron chi connectivity index (χ2n) is 5.86. The average molecular weight is 364 g/mol. The highest BCUT2D eigenvalue weighted by molar-refractivity contribution is 5.93. The molecule has 2 aromatic carbocycles. The van der Waals surface area contributed by atoms with Crippen LogP contribution in [-0.4, -0.2) is 12.1 Å². The number of fused-ring (bicyclic) bond motifs is 1. The second-order valence-corrected chi connectivity index (χ2v) is 5.86. The summed E-state index contributed by atoms with van der Waals surface area (Å²) in [6, 6.07) is 9.94. The van der Waals surface area contributed by atoms with Gasteiger partial charge >= 0.3 is 0 Å². The van der Waals surface area contributed by atoms with Crippen LogP contribution in [0.2, 0.25) is 0 Å². The summed E-state index contributed by atoms with van der Waals surface area (Å²) in [6.07, 6.45) is -1.10. The van der Waals surface area contributed by atoms with Gasteiger partial charge in [-0.3, -0.25) is 4.98 Å². The molecule has 3 rings (SSSR count). The normalized spacial score (nSPS) is 11.8. The molecule has 1 heterocycles. The van der Waals surface area contributed by atoms with E-state index in [-0.39, 0.29) is 16.9 Å². The van der Waals surface area contributed by atoms with Gasteiger partial charge in [-0.2, -0.15) is 0 Å². The van der Waals surface area contributed by atoms with Gasteiger partial charge < -0.3 is 10.1 Å². The predicted molar refractivity (Wildman–Crippen MR) is 92.5 cm³/mol. The third-order valence-electron chi connectivity index (χ3n) is 4.00. The molecule has 0 aliphatic rings. The number of halogens is 4. The van der Waals surface area contributed by atoms with Gasteiger partial charge in [0.2, 0.25) is 0 Å². The zero-order valence-corrected chi connectivity index (χ0v) is 14.1. The molecule has 7 heteroatoms. The molecule has 3 aromatic rings. The molecule has 0 fully saturated rings. The first-order valence-corrected chi connectivity index (χ1v) is 7.80. The summed E-state index contributed by atoms with van der Waals surface area (Å²) in [5.41, 5.74) is 1.20. The summed E-state index contributed by atoms with van der Waals surface area (Å²) >= 11 is 0. The molecule has 3 nitrogen and oxygen atoms in total. The molecule has 1 N–H and O–H groups in total. The fourth-order valence-electron chi connectivity index (χ4n) is 2.62. The molecule has 0 aliphatic heterocycles. The largest absolute Gasteiger partial charge is 0.495 e. The van der Waals surface area contributed by atoms with E-state index in [4.69, 9.17) is 4.74 Å². The van der Waals surface area contributed by atoms with Gasteiger partial charge in [-0.1, -0.05) is 18.2 Å². The van der Waals surface area contributed by atoms with Crippen LogP contribution in [0.4, 0.5) is 28.9 Å². The quantitative estimate of drug-likeness (QED) is 0.561. The van der Waals surface area contributed by atoms with Crippen molar-refractivity contribution in [3.63, 3.8) is 0 Å². The number of nitrogens with one attached hydrogen (secondary N) is 1. The lowest BCUT2D eigenvalue weighted by molar-refractivity contribution is 0.0173. The molecule has 0 unspecified atom stereocenters. The fraction of sp³-hybridized carbons (Fsp3) is 0.211. The molecular formula is C19H16F4N2O. The van der Waals surface area contributed by atoms with Crippen molar-refractivity contribution in [3.05, 3.63) is 59.8 Å². The van der Waals surface area contributed by atoms with E-state index in [2.05, 4.69) is 10.3 Å². The number of benzene rings is 2. The van der Waals surface area contributed by atoms with Crippen LogP contribution >= 0.6 is 0 Å². The summed E-state index contributed by atoms with van der Waals surface area (Å²) in [5.74, 6) is -2.74. The molecule has 0 atom stereocenters. The van der Waals surface area contributed by atoms with Crippen LogP contribution in [0.15, 0.2) is 48.7 Å². The molecule has 0 amide bonds. The molecule has 0 radical (unpaired) electrons. The van der Waals surface area contributed by atoms with Crippen LogP contribution in [0.5, 0.6) is 5.75 Å². The van der Waals surface area contributed by atoms with Crippen molar-refractivity contribution in [1.82, 2.24) is 4.98 Å². The van der Waals surface area contributed by atoms with E-state index in [1.54, 1.807) is 12.1 Å². The van der Waals surface area contributed by atoms with Crippen LogP contribution in [-0.2, 0) is 5.92 Å². The van der Waals surface area contributed by atoms with E-state index in [1.165, 1.54) is 43.6 Å². The molecule has 0 bridgehead atoms. The highest BCUT2D eigenvalue weighted by Crippen LogP contribution is 2.36. The first-order chi connectivity index (χ1) is 12.3. The zero-order chi connectivity index (χ0) is 18.9. The fourth-order valence-corrected chi connectivity index (χ4v) is 2.62. The van der Waals surface area contributed by atoms with E-state index < -0.39 is 12.3 Å². The molecule has 136 valence electrons. The third-order valence-corrected chi connectivity index (χ3v) is 4.00. The van der Waals surface area contributed by atoms with Gasteiger partial charge in [0.15, 0.2) is 0 Å². The van der Waals surface area contributed by atoms with Crippen LogP contribution in [0.1, 0.15) is 24.5 Å². The lowest BCUT2D eigenvalue weighted by atomic mass is 10.1. The average Bonchev–Trinajstić information content (AvgIpc) is 2.60. The Balaban J connectivity index is 2.01. The topological polar surface area (TPSA) is 34.1 Å². The van der Waals surface area contributed by atoms with Crippen LogP contribution in [0, 0.1) is 0 Å². The number of hydrogen-bond acceptors (Lipinski definition) is 3. The van der Waals surface area contributed by atoms with E-state index in [0.717, 1.165) is 6.92 Å². The minimum absolute atomic E-state index is 0.116. The summed E-state index contributed by atoms with van der Waals surface area (Å²) in [6.45, 7) is 0.811. The predicted octanol–water partition coefficient (Wildman–Crippen LogP) is 6.04. The third kappa shape index (κ3) is 3.56. The van der Waals surface area contributed by atoms with Crippen LogP contribution < -0.4 is 10.1 Å². The molecular weight excluding hydrogens is 348 g/mol. The first-order valence-electron chi connectivity index (χ1n) is 7.80. The maximum absolute atomic E-state index is 13.5. The van der Waals surface area contributed by atoms with E-state index in [1.807, 2.05) is 0 Å². The number of methoxy groups -OCH3 is 1. The maximum Gasteiger partial charge on any atom is 0.270 e. The SMILES string of the molecule is COc1cc(C(C)(F)F)ccc1Nc1ccnc2cc(C(F)F)ccc12. The summed E-state index contributed by atoms with van der Waals surface area (Å²) in [4.78, 5) is 4.11. The Bertz CT molecular complexity index is 938. The van der Waals surface area contributed by atoms with Gasteiger partial charge in [0, 0.05) is 35.3 Å². The number of nitrogens with zero attached hydrogens (tertiary/aromatic N) is 1. The monoisotopic (exact) mass is 364 g/mol. The minimum atomic E-state index is -2.99. The van der Waals surface area contributed by atoms with Gasteiger partial charge in [-0.05, 0) is 24.3 Å². The van der Waals surface area contributed by atoms with E-state index in [0.29, 0.717) is 22.3 Å². The van der Waals surface area contributed by atoms with E-state index >= 15 is 0 Å². The maximum atomic E-state index is 13.5. The highest BCUT2D eigenvalue weighted by atomic mass is 19.3. The lowest BCUT2D eigenvalue weighted by Gasteiger charge is -2.16. The van der Waals surface area contributed by atoms with Gasteiger partial charge in [0.1, 0.15) is 5.75 Å². The molecule has 0 spiro atoms. The Morgan fingerprint density at radius 3 is 2.46 bits per heavy atom. The Labute approximate surface area is 147 Å².